The molecular formula is C17H21FN2. The summed E-state index contributed by atoms with van der Waals surface area (Å²) in [7, 11) is 0. The molecule has 0 bridgehead atoms. The molecule has 0 radical (unpaired) electrons. The number of aryl methyl sites for hydroxylation is 1. The number of hydrogen-bond acceptors (Lipinski definition) is 2. The first-order valence-corrected chi connectivity index (χ1v) is 6.74. The summed E-state index contributed by atoms with van der Waals surface area (Å²) >= 11 is 0. The highest BCUT2D eigenvalue weighted by atomic mass is 19.1. The van der Waals surface area contributed by atoms with E-state index in [-0.39, 0.29) is 17.3 Å². The van der Waals surface area contributed by atoms with E-state index in [0.717, 1.165) is 11.1 Å². The van der Waals surface area contributed by atoms with Crippen LogP contribution in [0.2, 0.25) is 0 Å². The van der Waals surface area contributed by atoms with Crippen molar-refractivity contribution in [3.05, 3.63) is 71.0 Å². The second kappa shape index (κ2) is 5.73. The molecule has 2 nitrogen and oxygen atoms in total. The van der Waals surface area contributed by atoms with Crippen LogP contribution in [0.4, 0.5) is 4.39 Å². The third kappa shape index (κ3) is 2.74. The summed E-state index contributed by atoms with van der Waals surface area (Å²) < 4.78 is 13.3. The van der Waals surface area contributed by atoms with Gasteiger partial charge in [-0.2, -0.15) is 0 Å². The zero-order chi connectivity index (χ0) is 14.8. The largest absolute Gasteiger partial charge is 0.271 e. The van der Waals surface area contributed by atoms with E-state index in [0.29, 0.717) is 0 Å². The lowest BCUT2D eigenvalue weighted by molar-refractivity contribution is 0.351. The van der Waals surface area contributed by atoms with Crippen LogP contribution >= 0.6 is 0 Å². The van der Waals surface area contributed by atoms with Gasteiger partial charge in [-0.15, -0.1) is 0 Å². The van der Waals surface area contributed by atoms with Crippen LogP contribution in [-0.2, 0) is 5.41 Å². The summed E-state index contributed by atoms with van der Waals surface area (Å²) in [6.45, 7) is 6.18. The maximum Gasteiger partial charge on any atom is 0.123 e. The number of hydrogen-bond donors (Lipinski definition) is 2. The predicted octanol–water partition coefficient (Wildman–Crippen LogP) is 3.62. The first-order valence-electron chi connectivity index (χ1n) is 6.74. The van der Waals surface area contributed by atoms with Gasteiger partial charge in [0, 0.05) is 5.41 Å². The van der Waals surface area contributed by atoms with Gasteiger partial charge in [0.1, 0.15) is 5.82 Å². The number of hydrazine groups is 1. The van der Waals surface area contributed by atoms with Crippen LogP contribution in [0.25, 0.3) is 0 Å². The van der Waals surface area contributed by atoms with E-state index in [9.17, 15) is 4.39 Å². The van der Waals surface area contributed by atoms with E-state index in [1.807, 2.05) is 25.1 Å². The van der Waals surface area contributed by atoms with Crippen LogP contribution in [0.15, 0.2) is 48.5 Å². The minimum atomic E-state index is -0.223. The lowest BCUT2D eigenvalue weighted by atomic mass is 9.74. The molecule has 0 fully saturated rings. The van der Waals surface area contributed by atoms with Gasteiger partial charge in [0.25, 0.3) is 0 Å². The summed E-state index contributed by atoms with van der Waals surface area (Å²) in [5, 5.41) is 0. The Morgan fingerprint density at radius 1 is 1.10 bits per heavy atom. The Balaban J connectivity index is 2.46. The molecule has 2 aromatic carbocycles. The molecule has 0 aliphatic carbocycles. The average Bonchev–Trinajstić information content (AvgIpc) is 2.43. The van der Waals surface area contributed by atoms with Crippen LogP contribution in [0.1, 0.15) is 36.6 Å². The molecule has 1 atom stereocenters. The number of halogens is 1. The summed E-state index contributed by atoms with van der Waals surface area (Å²) in [5.41, 5.74) is 5.79. The Morgan fingerprint density at radius 3 is 2.30 bits per heavy atom. The molecule has 2 aromatic rings. The highest BCUT2D eigenvalue weighted by molar-refractivity contribution is 5.36. The fourth-order valence-corrected chi connectivity index (χ4v) is 2.68. The van der Waals surface area contributed by atoms with Crippen molar-refractivity contribution in [3.8, 4) is 0 Å². The molecule has 0 spiro atoms. The van der Waals surface area contributed by atoms with E-state index in [2.05, 4.69) is 31.4 Å². The lowest BCUT2D eigenvalue weighted by Gasteiger charge is -2.35. The smallest absolute Gasteiger partial charge is 0.123 e. The van der Waals surface area contributed by atoms with Gasteiger partial charge >= 0.3 is 0 Å². The van der Waals surface area contributed by atoms with Crippen molar-refractivity contribution in [3.63, 3.8) is 0 Å². The maximum absolute atomic E-state index is 13.3. The molecule has 0 heterocycles. The zero-order valence-corrected chi connectivity index (χ0v) is 12.2. The third-order valence-corrected chi connectivity index (χ3v) is 3.95. The van der Waals surface area contributed by atoms with Crippen LogP contribution in [0.5, 0.6) is 0 Å². The molecular weight excluding hydrogens is 251 g/mol. The Bertz CT molecular complexity index is 579. The van der Waals surface area contributed by atoms with Gasteiger partial charge in [-0.25, -0.2) is 4.39 Å². The molecule has 3 heteroatoms. The monoisotopic (exact) mass is 272 g/mol. The molecule has 20 heavy (non-hydrogen) atoms. The van der Waals surface area contributed by atoms with Crippen molar-refractivity contribution in [2.75, 3.05) is 0 Å². The summed E-state index contributed by atoms with van der Waals surface area (Å²) in [6, 6.07) is 14.9. The number of nitrogens with two attached hydrogens (primary N) is 1. The van der Waals surface area contributed by atoms with Crippen molar-refractivity contribution in [1.29, 1.82) is 0 Å². The van der Waals surface area contributed by atoms with Crippen LogP contribution < -0.4 is 11.3 Å². The van der Waals surface area contributed by atoms with E-state index in [4.69, 9.17) is 5.84 Å². The standard InChI is InChI=1S/C17H21FN2/c1-12-11-14(18)9-10-15(12)16(20-19)17(2,3)13-7-5-4-6-8-13/h4-11,16,20H,19H2,1-3H3. The SMILES string of the molecule is Cc1cc(F)ccc1C(NN)C(C)(C)c1ccccc1. The van der Waals surface area contributed by atoms with E-state index >= 15 is 0 Å². The molecule has 0 saturated carbocycles. The van der Waals surface area contributed by atoms with Crippen LogP contribution in [0, 0.1) is 12.7 Å². The Kier molecular flexibility index (Phi) is 4.21. The van der Waals surface area contributed by atoms with E-state index in [1.54, 1.807) is 12.1 Å². The Hall–Kier alpha value is -1.71. The normalized spacial score (nSPS) is 13.2. The third-order valence-electron chi connectivity index (χ3n) is 3.95. The van der Waals surface area contributed by atoms with Gasteiger partial charge in [0.05, 0.1) is 6.04 Å². The quantitative estimate of drug-likeness (QED) is 0.659. The molecule has 106 valence electrons. The van der Waals surface area contributed by atoms with Gasteiger partial charge in [0.15, 0.2) is 0 Å². The summed E-state index contributed by atoms with van der Waals surface area (Å²) in [6.07, 6.45) is 0. The number of rotatable bonds is 4. The van der Waals surface area contributed by atoms with E-state index < -0.39 is 0 Å². The highest BCUT2D eigenvalue weighted by Crippen LogP contribution is 2.37. The van der Waals surface area contributed by atoms with Crippen molar-refractivity contribution >= 4 is 0 Å². The Labute approximate surface area is 119 Å². The van der Waals surface area contributed by atoms with Gasteiger partial charge in [-0.1, -0.05) is 50.2 Å². The van der Waals surface area contributed by atoms with Crippen molar-refractivity contribution in [2.45, 2.75) is 32.2 Å². The minimum absolute atomic E-state index is 0.0921. The van der Waals surface area contributed by atoms with E-state index in [1.165, 1.54) is 11.6 Å². The second-order valence-corrected chi connectivity index (χ2v) is 5.69. The first kappa shape index (κ1) is 14.7. The number of nitrogens with one attached hydrogen (secondary N) is 1. The Morgan fingerprint density at radius 2 is 1.75 bits per heavy atom. The van der Waals surface area contributed by atoms with Gasteiger partial charge in [-0.05, 0) is 35.7 Å². The van der Waals surface area contributed by atoms with Crippen LogP contribution in [0.3, 0.4) is 0 Å². The molecule has 0 saturated heterocycles. The fourth-order valence-electron chi connectivity index (χ4n) is 2.68. The maximum atomic E-state index is 13.3. The van der Waals surface area contributed by atoms with Crippen LogP contribution in [-0.4, -0.2) is 0 Å². The highest BCUT2D eigenvalue weighted by Gasteiger charge is 2.32. The first-order chi connectivity index (χ1) is 9.46. The van der Waals surface area contributed by atoms with Crippen molar-refractivity contribution < 1.29 is 4.39 Å². The van der Waals surface area contributed by atoms with Gasteiger partial charge in [-0.3, -0.25) is 11.3 Å². The molecule has 0 aliphatic heterocycles. The van der Waals surface area contributed by atoms with Crippen molar-refractivity contribution in [1.82, 2.24) is 5.43 Å². The topological polar surface area (TPSA) is 38.0 Å². The number of benzene rings is 2. The fraction of sp³-hybridized carbons (Fsp3) is 0.294. The predicted molar refractivity (Wildman–Crippen MR) is 80.7 cm³/mol. The molecule has 0 amide bonds. The van der Waals surface area contributed by atoms with Gasteiger partial charge < -0.3 is 0 Å². The molecule has 0 aliphatic rings. The lowest BCUT2D eigenvalue weighted by Crippen LogP contribution is -2.41. The molecule has 2 rings (SSSR count). The molecule has 3 N–H and O–H groups in total. The van der Waals surface area contributed by atoms with Crippen molar-refractivity contribution in [2.24, 2.45) is 5.84 Å². The summed E-state index contributed by atoms with van der Waals surface area (Å²) in [5.74, 6) is 5.57. The zero-order valence-electron chi connectivity index (χ0n) is 12.2. The molecule has 1 unspecified atom stereocenters. The molecule has 0 aromatic heterocycles. The van der Waals surface area contributed by atoms with Gasteiger partial charge in [0.2, 0.25) is 0 Å². The second-order valence-electron chi connectivity index (χ2n) is 5.69. The average molecular weight is 272 g/mol. The minimum Gasteiger partial charge on any atom is -0.271 e. The summed E-state index contributed by atoms with van der Waals surface area (Å²) in [4.78, 5) is 0.